The van der Waals surface area contributed by atoms with Crippen molar-refractivity contribution in [1.82, 2.24) is 10.2 Å². The molecule has 1 aliphatic carbocycles. The predicted molar refractivity (Wildman–Crippen MR) is 130 cm³/mol. The van der Waals surface area contributed by atoms with E-state index in [0.717, 1.165) is 31.2 Å². The maximum Gasteiger partial charge on any atom is 0.274 e. The third-order valence-corrected chi connectivity index (χ3v) is 5.88. The van der Waals surface area contributed by atoms with Gasteiger partial charge in [0.1, 0.15) is 5.82 Å². The molecule has 2 aromatic carbocycles. The van der Waals surface area contributed by atoms with Crippen LogP contribution in [0.15, 0.2) is 78.5 Å². The first-order chi connectivity index (χ1) is 15.5. The van der Waals surface area contributed by atoms with Crippen LogP contribution in [-0.2, 0) is 11.2 Å². The average molecular weight is 433 g/mol. The van der Waals surface area contributed by atoms with Gasteiger partial charge in [-0.15, -0.1) is 0 Å². The summed E-state index contributed by atoms with van der Waals surface area (Å²) in [5.41, 5.74) is 4.71. The summed E-state index contributed by atoms with van der Waals surface area (Å²) < 4.78 is 14.6. The van der Waals surface area contributed by atoms with E-state index in [-0.39, 0.29) is 11.7 Å². The topological polar surface area (TPSA) is 32.3 Å². The van der Waals surface area contributed by atoms with E-state index in [4.69, 9.17) is 0 Å². The quantitative estimate of drug-likeness (QED) is 0.277. The van der Waals surface area contributed by atoms with Crippen LogP contribution in [0.3, 0.4) is 0 Å². The number of allylic oxidation sites excluding steroid dienone is 2. The van der Waals surface area contributed by atoms with Gasteiger partial charge in [0, 0.05) is 24.4 Å². The number of halogens is 1. The molecule has 1 N–H and O–H groups in total. The monoisotopic (exact) mass is 432 g/mol. The van der Waals surface area contributed by atoms with Crippen LogP contribution >= 0.6 is 0 Å². The molecule has 0 radical (unpaired) electrons. The second kappa shape index (κ2) is 11.5. The number of hydrogen-bond acceptors (Lipinski definition) is 2. The van der Waals surface area contributed by atoms with Crippen LogP contribution in [0.4, 0.5) is 4.39 Å². The highest BCUT2D eigenvalue weighted by Crippen LogP contribution is 2.27. The smallest absolute Gasteiger partial charge is 0.274 e. The SMILES string of the molecule is C=C(c1ccc(C)cc1F)N(CC=C1CCC1)C(=O)/C(=C\C)NCCCc1ccccc1. The van der Waals surface area contributed by atoms with E-state index in [9.17, 15) is 9.18 Å². The minimum Gasteiger partial charge on any atom is -0.381 e. The normalized spacial score (nSPS) is 13.3. The van der Waals surface area contributed by atoms with Gasteiger partial charge >= 0.3 is 0 Å². The zero-order chi connectivity index (χ0) is 22.9. The summed E-state index contributed by atoms with van der Waals surface area (Å²) in [5.74, 6) is -0.546. The highest BCUT2D eigenvalue weighted by molar-refractivity contribution is 5.98. The number of amides is 1. The molecule has 32 heavy (non-hydrogen) atoms. The number of rotatable bonds is 10. The zero-order valence-corrected chi connectivity index (χ0v) is 19.2. The molecule has 1 fully saturated rings. The molecule has 0 atom stereocenters. The summed E-state index contributed by atoms with van der Waals surface area (Å²) in [4.78, 5) is 15.0. The number of nitrogens with one attached hydrogen (secondary N) is 1. The zero-order valence-electron chi connectivity index (χ0n) is 19.2. The largest absolute Gasteiger partial charge is 0.381 e. The molecule has 2 aromatic rings. The van der Waals surface area contributed by atoms with Gasteiger partial charge in [-0.2, -0.15) is 0 Å². The standard InChI is InChI=1S/C28H33FN2O/c1-4-27(30-18-9-14-23-10-6-5-7-11-23)28(32)31(19-17-24-12-8-13-24)22(3)25-16-15-21(2)20-26(25)29/h4-7,10-11,15-17,20,30H,3,8-9,12-14,18-19H2,1-2H3/b27-4+. The molecule has 1 aliphatic rings. The van der Waals surface area contributed by atoms with E-state index in [1.54, 1.807) is 17.0 Å². The van der Waals surface area contributed by atoms with E-state index in [2.05, 4.69) is 30.1 Å². The highest BCUT2D eigenvalue weighted by Gasteiger charge is 2.23. The maximum absolute atomic E-state index is 14.6. The molecule has 1 saturated carbocycles. The second-order valence-corrected chi connectivity index (χ2v) is 8.28. The second-order valence-electron chi connectivity index (χ2n) is 8.28. The Hall–Kier alpha value is -3.14. The number of carbonyl (C=O) groups is 1. The van der Waals surface area contributed by atoms with Crippen molar-refractivity contribution in [2.75, 3.05) is 13.1 Å². The lowest BCUT2D eigenvalue weighted by atomic mass is 9.92. The molecule has 0 spiro atoms. The average Bonchev–Trinajstić information content (AvgIpc) is 2.75. The first-order valence-electron chi connectivity index (χ1n) is 11.4. The number of aryl methyl sites for hydroxylation is 2. The third-order valence-electron chi connectivity index (χ3n) is 5.88. The Balaban J connectivity index is 1.70. The molecule has 0 bridgehead atoms. The molecule has 0 unspecified atom stereocenters. The number of benzene rings is 2. The fraction of sp³-hybridized carbons (Fsp3) is 0.321. The molecule has 3 rings (SSSR count). The van der Waals surface area contributed by atoms with Gasteiger partial charge in [0.05, 0.1) is 5.70 Å². The molecular formula is C28H33FN2O. The highest BCUT2D eigenvalue weighted by atomic mass is 19.1. The van der Waals surface area contributed by atoms with Crippen LogP contribution in [0.2, 0.25) is 0 Å². The number of nitrogens with zero attached hydrogens (tertiary/aromatic N) is 1. The van der Waals surface area contributed by atoms with Crippen LogP contribution in [0, 0.1) is 12.7 Å². The summed E-state index contributed by atoms with van der Waals surface area (Å²) in [6.45, 7) is 8.85. The van der Waals surface area contributed by atoms with Crippen molar-refractivity contribution >= 4 is 11.6 Å². The minimum atomic E-state index is -0.359. The molecule has 4 heteroatoms. The summed E-state index contributed by atoms with van der Waals surface area (Å²) in [6, 6.07) is 15.3. The van der Waals surface area contributed by atoms with Crippen molar-refractivity contribution in [2.45, 2.75) is 46.0 Å². The molecule has 1 amide bonds. The Morgan fingerprint density at radius 1 is 1.19 bits per heavy atom. The molecular weight excluding hydrogens is 399 g/mol. The van der Waals surface area contributed by atoms with Crippen LogP contribution in [0.1, 0.15) is 49.3 Å². The lowest BCUT2D eigenvalue weighted by molar-refractivity contribution is -0.124. The van der Waals surface area contributed by atoms with Gasteiger partial charge in [-0.1, -0.05) is 60.7 Å². The van der Waals surface area contributed by atoms with Crippen molar-refractivity contribution in [3.05, 3.63) is 101 Å². The summed E-state index contributed by atoms with van der Waals surface area (Å²) >= 11 is 0. The third kappa shape index (κ3) is 6.19. The van der Waals surface area contributed by atoms with Gasteiger partial charge in [-0.05, 0) is 69.2 Å². The fourth-order valence-corrected chi connectivity index (χ4v) is 3.73. The Bertz CT molecular complexity index is 1000. The fourth-order valence-electron chi connectivity index (χ4n) is 3.73. The van der Waals surface area contributed by atoms with Crippen molar-refractivity contribution in [1.29, 1.82) is 0 Å². The molecule has 0 saturated heterocycles. The first-order valence-corrected chi connectivity index (χ1v) is 11.4. The van der Waals surface area contributed by atoms with Crippen LogP contribution in [0.25, 0.3) is 5.70 Å². The number of carbonyl (C=O) groups excluding carboxylic acids is 1. The lowest BCUT2D eigenvalue weighted by Crippen LogP contribution is -2.36. The van der Waals surface area contributed by atoms with E-state index in [0.29, 0.717) is 30.0 Å². The van der Waals surface area contributed by atoms with Gasteiger partial charge in [-0.3, -0.25) is 4.79 Å². The Morgan fingerprint density at radius 2 is 1.94 bits per heavy atom. The summed E-state index contributed by atoms with van der Waals surface area (Å²) in [5, 5.41) is 3.28. The Labute approximate surface area is 191 Å². The van der Waals surface area contributed by atoms with Gasteiger partial charge < -0.3 is 10.2 Å². The van der Waals surface area contributed by atoms with E-state index in [1.807, 2.05) is 38.1 Å². The summed E-state index contributed by atoms with van der Waals surface area (Å²) in [7, 11) is 0. The van der Waals surface area contributed by atoms with Crippen LogP contribution < -0.4 is 5.32 Å². The van der Waals surface area contributed by atoms with Crippen LogP contribution in [0.5, 0.6) is 0 Å². The molecule has 168 valence electrons. The molecule has 0 heterocycles. The van der Waals surface area contributed by atoms with Gasteiger partial charge in [-0.25, -0.2) is 4.39 Å². The van der Waals surface area contributed by atoms with Gasteiger partial charge in [0.25, 0.3) is 5.91 Å². The lowest BCUT2D eigenvalue weighted by Gasteiger charge is -2.27. The van der Waals surface area contributed by atoms with Crippen molar-refractivity contribution in [3.63, 3.8) is 0 Å². The predicted octanol–water partition coefficient (Wildman–Crippen LogP) is 6.17. The van der Waals surface area contributed by atoms with Gasteiger partial charge in [0.2, 0.25) is 0 Å². The Morgan fingerprint density at radius 3 is 2.56 bits per heavy atom. The Kier molecular flexibility index (Phi) is 8.43. The van der Waals surface area contributed by atoms with Crippen molar-refractivity contribution in [2.24, 2.45) is 0 Å². The van der Waals surface area contributed by atoms with E-state index >= 15 is 0 Å². The number of hydrogen-bond donors (Lipinski definition) is 1. The summed E-state index contributed by atoms with van der Waals surface area (Å²) in [6.07, 6.45) is 9.05. The van der Waals surface area contributed by atoms with Crippen molar-refractivity contribution < 1.29 is 9.18 Å². The maximum atomic E-state index is 14.6. The van der Waals surface area contributed by atoms with E-state index in [1.165, 1.54) is 23.6 Å². The molecule has 0 aromatic heterocycles. The van der Waals surface area contributed by atoms with Gasteiger partial charge in [0.15, 0.2) is 0 Å². The first kappa shape index (κ1) is 23.5. The molecule has 0 aliphatic heterocycles. The minimum absolute atomic E-state index is 0.187. The van der Waals surface area contributed by atoms with Crippen LogP contribution in [-0.4, -0.2) is 23.9 Å². The van der Waals surface area contributed by atoms with Crippen molar-refractivity contribution in [3.8, 4) is 0 Å². The molecule has 3 nitrogen and oxygen atoms in total. The van der Waals surface area contributed by atoms with E-state index < -0.39 is 0 Å².